The summed E-state index contributed by atoms with van der Waals surface area (Å²) in [6.07, 6.45) is 5.35. The average molecular weight is 295 g/mol. The predicted octanol–water partition coefficient (Wildman–Crippen LogP) is 2.61. The highest BCUT2D eigenvalue weighted by atomic mass is 16.1. The van der Waals surface area contributed by atoms with Crippen molar-refractivity contribution in [1.82, 2.24) is 10.3 Å². The Bertz CT molecular complexity index is 592. The molecule has 2 heterocycles. The monoisotopic (exact) mass is 295 g/mol. The van der Waals surface area contributed by atoms with Gasteiger partial charge in [-0.15, -0.1) is 0 Å². The van der Waals surface area contributed by atoms with E-state index in [1.54, 1.807) is 12.4 Å². The number of benzene rings is 1. The van der Waals surface area contributed by atoms with Gasteiger partial charge in [-0.1, -0.05) is 24.3 Å². The van der Waals surface area contributed by atoms with Crippen molar-refractivity contribution in [2.45, 2.75) is 19.4 Å². The fraction of sp³-hybridized carbons (Fsp3) is 0.333. The van der Waals surface area contributed by atoms with Gasteiger partial charge in [-0.25, -0.2) is 0 Å². The van der Waals surface area contributed by atoms with Crippen LogP contribution in [0.15, 0.2) is 54.9 Å². The molecule has 0 aliphatic carbocycles. The van der Waals surface area contributed by atoms with Gasteiger partial charge in [0.25, 0.3) is 0 Å². The van der Waals surface area contributed by atoms with Gasteiger partial charge in [-0.2, -0.15) is 0 Å². The fourth-order valence-electron chi connectivity index (χ4n) is 2.87. The van der Waals surface area contributed by atoms with E-state index in [0.29, 0.717) is 6.54 Å². The van der Waals surface area contributed by atoms with E-state index >= 15 is 0 Å². The van der Waals surface area contributed by atoms with Crippen molar-refractivity contribution in [3.63, 3.8) is 0 Å². The minimum absolute atomic E-state index is 0.122. The van der Waals surface area contributed by atoms with Crippen molar-refractivity contribution in [2.24, 2.45) is 5.92 Å². The number of rotatable bonds is 4. The minimum Gasteiger partial charge on any atom is -0.371 e. The number of amides is 1. The molecule has 0 saturated carbocycles. The lowest BCUT2D eigenvalue weighted by Gasteiger charge is -2.33. The van der Waals surface area contributed by atoms with Gasteiger partial charge >= 0.3 is 0 Å². The van der Waals surface area contributed by atoms with Crippen molar-refractivity contribution < 1.29 is 4.79 Å². The van der Waals surface area contributed by atoms with Crippen LogP contribution in [0.5, 0.6) is 0 Å². The van der Waals surface area contributed by atoms with E-state index in [9.17, 15) is 4.79 Å². The van der Waals surface area contributed by atoms with Gasteiger partial charge in [-0.05, 0) is 36.6 Å². The van der Waals surface area contributed by atoms with Crippen LogP contribution in [-0.4, -0.2) is 24.0 Å². The van der Waals surface area contributed by atoms with Gasteiger partial charge in [0.15, 0.2) is 0 Å². The van der Waals surface area contributed by atoms with Crippen LogP contribution in [0.2, 0.25) is 0 Å². The maximum atomic E-state index is 12.3. The molecule has 3 rings (SSSR count). The van der Waals surface area contributed by atoms with Crippen LogP contribution in [0, 0.1) is 5.92 Å². The second-order valence-electron chi connectivity index (χ2n) is 5.68. The zero-order valence-electron chi connectivity index (χ0n) is 12.6. The summed E-state index contributed by atoms with van der Waals surface area (Å²) < 4.78 is 0. The number of hydrogen-bond donors (Lipinski definition) is 1. The number of nitrogens with zero attached hydrogens (tertiary/aromatic N) is 2. The van der Waals surface area contributed by atoms with Crippen LogP contribution in [0.4, 0.5) is 5.69 Å². The molecule has 1 aliphatic heterocycles. The molecule has 1 saturated heterocycles. The van der Waals surface area contributed by atoms with Crippen molar-refractivity contribution >= 4 is 11.6 Å². The van der Waals surface area contributed by atoms with E-state index in [1.165, 1.54) is 5.69 Å². The Morgan fingerprint density at radius 2 is 1.91 bits per heavy atom. The summed E-state index contributed by atoms with van der Waals surface area (Å²) >= 11 is 0. The number of carbonyl (C=O) groups excluding carboxylic acids is 1. The van der Waals surface area contributed by atoms with E-state index in [2.05, 4.69) is 39.5 Å². The molecule has 2 aromatic rings. The predicted molar refractivity (Wildman–Crippen MR) is 87.5 cm³/mol. The summed E-state index contributed by atoms with van der Waals surface area (Å²) in [5.74, 6) is 0.285. The van der Waals surface area contributed by atoms with Crippen LogP contribution in [0.1, 0.15) is 18.4 Å². The molecule has 1 fully saturated rings. The van der Waals surface area contributed by atoms with E-state index in [-0.39, 0.29) is 11.8 Å². The number of pyridine rings is 1. The van der Waals surface area contributed by atoms with Crippen LogP contribution in [0.3, 0.4) is 0 Å². The molecule has 0 radical (unpaired) electrons. The summed E-state index contributed by atoms with van der Waals surface area (Å²) in [5, 5.41) is 3.03. The highest BCUT2D eigenvalue weighted by Crippen LogP contribution is 2.23. The Morgan fingerprint density at radius 1 is 1.14 bits per heavy atom. The lowest BCUT2D eigenvalue weighted by Crippen LogP contribution is -2.40. The molecule has 1 aromatic carbocycles. The number of hydrogen-bond acceptors (Lipinski definition) is 3. The second kappa shape index (κ2) is 7.07. The third-order valence-corrected chi connectivity index (χ3v) is 4.18. The highest BCUT2D eigenvalue weighted by molar-refractivity contribution is 5.79. The van der Waals surface area contributed by atoms with Gasteiger partial charge in [0.05, 0.1) is 0 Å². The van der Waals surface area contributed by atoms with Gasteiger partial charge in [0.2, 0.25) is 5.91 Å². The first kappa shape index (κ1) is 14.6. The summed E-state index contributed by atoms with van der Waals surface area (Å²) in [5.41, 5.74) is 2.29. The molecule has 114 valence electrons. The Morgan fingerprint density at radius 3 is 2.59 bits per heavy atom. The number of carbonyl (C=O) groups is 1. The van der Waals surface area contributed by atoms with Gasteiger partial charge in [-0.3, -0.25) is 9.78 Å². The smallest absolute Gasteiger partial charge is 0.223 e. The molecule has 0 unspecified atom stereocenters. The van der Waals surface area contributed by atoms with Gasteiger partial charge in [0.1, 0.15) is 0 Å². The first-order chi connectivity index (χ1) is 10.8. The molecule has 1 amide bonds. The van der Waals surface area contributed by atoms with Crippen LogP contribution >= 0.6 is 0 Å². The summed E-state index contributed by atoms with van der Waals surface area (Å²) in [4.78, 5) is 18.7. The zero-order chi connectivity index (χ0) is 15.2. The Kier molecular flexibility index (Phi) is 4.68. The molecule has 1 N–H and O–H groups in total. The van der Waals surface area contributed by atoms with E-state index in [4.69, 9.17) is 0 Å². The number of piperidine rings is 1. The Balaban J connectivity index is 1.48. The Hall–Kier alpha value is -2.36. The van der Waals surface area contributed by atoms with Crippen molar-refractivity contribution in [3.05, 3.63) is 60.4 Å². The summed E-state index contributed by atoms with van der Waals surface area (Å²) in [6.45, 7) is 2.44. The standard InChI is InChI=1S/C18H21N3O/c22-18(20-14-15-5-4-10-19-13-15)16-8-11-21(12-9-16)17-6-2-1-3-7-17/h1-7,10,13,16H,8-9,11-12,14H2,(H,20,22). The fourth-order valence-corrected chi connectivity index (χ4v) is 2.87. The molecule has 1 aliphatic rings. The first-order valence-electron chi connectivity index (χ1n) is 7.79. The van der Waals surface area contributed by atoms with Crippen LogP contribution in [0.25, 0.3) is 0 Å². The van der Waals surface area contributed by atoms with Gasteiger partial charge < -0.3 is 10.2 Å². The third kappa shape index (κ3) is 3.64. The molecule has 1 aromatic heterocycles. The van der Waals surface area contributed by atoms with Crippen molar-refractivity contribution in [2.75, 3.05) is 18.0 Å². The topological polar surface area (TPSA) is 45.2 Å². The van der Waals surface area contributed by atoms with Crippen molar-refractivity contribution in [3.8, 4) is 0 Å². The lowest BCUT2D eigenvalue weighted by molar-refractivity contribution is -0.125. The maximum Gasteiger partial charge on any atom is 0.223 e. The number of nitrogens with one attached hydrogen (secondary N) is 1. The molecular formula is C18H21N3O. The molecule has 0 atom stereocenters. The molecule has 22 heavy (non-hydrogen) atoms. The number of anilines is 1. The minimum atomic E-state index is 0.122. The van der Waals surface area contributed by atoms with Crippen molar-refractivity contribution in [1.29, 1.82) is 0 Å². The summed E-state index contributed by atoms with van der Waals surface area (Å²) in [6, 6.07) is 14.3. The quantitative estimate of drug-likeness (QED) is 0.943. The molecule has 4 nitrogen and oxygen atoms in total. The maximum absolute atomic E-state index is 12.3. The molecular weight excluding hydrogens is 274 g/mol. The molecule has 0 spiro atoms. The number of aromatic nitrogens is 1. The Labute approximate surface area is 131 Å². The van der Waals surface area contributed by atoms with Crippen LogP contribution in [-0.2, 0) is 11.3 Å². The van der Waals surface area contributed by atoms with Gasteiger partial charge in [0, 0.05) is 43.6 Å². The third-order valence-electron chi connectivity index (χ3n) is 4.18. The largest absolute Gasteiger partial charge is 0.371 e. The van der Waals surface area contributed by atoms with E-state index < -0.39 is 0 Å². The first-order valence-corrected chi connectivity index (χ1v) is 7.79. The normalized spacial score (nSPS) is 15.5. The average Bonchev–Trinajstić information content (AvgIpc) is 2.61. The van der Waals surface area contributed by atoms with E-state index in [0.717, 1.165) is 31.5 Å². The molecule has 0 bridgehead atoms. The van der Waals surface area contributed by atoms with Crippen LogP contribution < -0.4 is 10.2 Å². The second-order valence-corrected chi connectivity index (χ2v) is 5.68. The lowest BCUT2D eigenvalue weighted by atomic mass is 9.95. The number of para-hydroxylation sites is 1. The summed E-state index contributed by atoms with van der Waals surface area (Å²) in [7, 11) is 0. The molecule has 4 heteroatoms. The van der Waals surface area contributed by atoms with E-state index in [1.807, 2.05) is 18.2 Å². The highest BCUT2D eigenvalue weighted by Gasteiger charge is 2.24. The SMILES string of the molecule is O=C(NCc1cccnc1)C1CCN(c2ccccc2)CC1. The zero-order valence-corrected chi connectivity index (χ0v) is 12.6.